The van der Waals surface area contributed by atoms with E-state index in [0.29, 0.717) is 5.56 Å². The zero-order valence-electron chi connectivity index (χ0n) is 7.64. The molecule has 0 aliphatic carbocycles. The number of nitro groups is 1. The third kappa shape index (κ3) is 4.17. The largest absolute Gasteiger partial charge is 0.264 e. The van der Waals surface area contributed by atoms with Crippen molar-refractivity contribution in [3.8, 4) is 17.2 Å². The Morgan fingerprint density at radius 2 is 2.07 bits per heavy atom. The van der Waals surface area contributed by atoms with Gasteiger partial charge in [0.15, 0.2) is 0 Å². The molecule has 0 unspecified atom stereocenters. The molecule has 0 heterocycles. The quantitative estimate of drug-likeness (QED) is 0.250. The zero-order chi connectivity index (χ0) is 11.1. The molecule has 0 saturated heterocycles. The maximum absolute atomic E-state index is 9.99. The van der Waals surface area contributed by atoms with Gasteiger partial charge in [-0.1, -0.05) is 5.92 Å². The van der Waals surface area contributed by atoms with Crippen LogP contribution in [-0.4, -0.2) is 11.5 Å². The normalized spacial score (nSPS) is 8.47. The molecule has 0 radical (unpaired) electrons. The first-order chi connectivity index (χ1) is 7.22. The summed E-state index contributed by atoms with van der Waals surface area (Å²) in [4.78, 5) is 10.3. The van der Waals surface area contributed by atoms with Gasteiger partial charge in [0.2, 0.25) is 0 Å². The molecule has 4 nitrogen and oxygen atoms in total. The molecule has 0 fully saturated rings. The second-order valence-corrected chi connectivity index (χ2v) is 3.37. The fourth-order valence-corrected chi connectivity index (χ4v) is 1.24. The van der Waals surface area contributed by atoms with Crippen molar-refractivity contribution in [2.45, 2.75) is 4.90 Å². The van der Waals surface area contributed by atoms with Crippen molar-refractivity contribution in [2.24, 2.45) is 0 Å². The molecule has 0 atom stereocenters. The lowest BCUT2D eigenvalue weighted by molar-refractivity contribution is -0.466. The minimum absolute atomic E-state index is 0.352. The number of hydrogen-bond donors (Lipinski definition) is 0. The standard InChI is InChI=1S/C10H6N2O2S/c11-8-15-10-5-3-9(4-6-10)2-1-7-12(13)14/h3-6H,7H2. The molecule has 0 saturated carbocycles. The topological polar surface area (TPSA) is 66.9 Å². The van der Waals surface area contributed by atoms with Gasteiger partial charge in [-0.05, 0) is 41.9 Å². The van der Waals surface area contributed by atoms with Gasteiger partial charge in [0.05, 0.1) is 0 Å². The fraction of sp³-hybridized carbons (Fsp3) is 0.100. The van der Waals surface area contributed by atoms with Gasteiger partial charge in [0.1, 0.15) is 5.40 Å². The van der Waals surface area contributed by atoms with Crippen molar-refractivity contribution in [1.82, 2.24) is 0 Å². The Balaban J connectivity index is 2.67. The Hall–Kier alpha value is -1.98. The summed E-state index contributed by atoms with van der Waals surface area (Å²) in [6.07, 6.45) is 0. The van der Waals surface area contributed by atoms with E-state index < -0.39 is 4.92 Å². The third-order valence-electron chi connectivity index (χ3n) is 1.46. The predicted molar refractivity (Wildman–Crippen MR) is 56.7 cm³/mol. The molecular weight excluding hydrogens is 212 g/mol. The van der Waals surface area contributed by atoms with E-state index in [9.17, 15) is 10.1 Å². The van der Waals surface area contributed by atoms with E-state index in [1.54, 1.807) is 24.3 Å². The molecule has 15 heavy (non-hydrogen) atoms. The second kappa shape index (κ2) is 5.69. The molecule has 5 heteroatoms. The number of nitrogens with zero attached hydrogens (tertiary/aromatic N) is 2. The Kier molecular flexibility index (Phi) is 4.21. The SMILES string of the molecule is N#CSc1ccc(C#CC[N+](=O)[O-])cc1. The summed E-state index contributed by atoms with van der Waals surface area (Å²) in [6, 6.07) is 6.97. The zero-order valence-corrected chi connectivity index (χ0v) is 8.45. The van der Waals surface area contributed by atoms with Crippen LogP contribution in [0.5, 0.6) is 0 Å². The maximum Gasteiger partial charge on any atom is 0.263 e. The number of benzene rings is 1. The molecule has 1 aromatic carbocycles. The second-order valence-electron chi connectivity index (χ2n) is 2.51. The van der Waals surface area contributed by atoms with Gasteiger partial charge in [-0.15, -0.1) is 0 Å². The van der Waals surface area contributed by atoms with Gasteiger partial charge >= 0.3 is 0 Å². The highest BCUT2D eigenvalue weighted by Crippen LogP contribution is 2.16. The first-order valence-corrected chi connectivity index (χ1v) is 4.80. The van der Waals surface area contributed by atoms with E-state index in [-0.39, 0.29) is 6.54 Å². The Bertz CT molecular complexity index is 451. The van der Waals surface area contributed by atoms with Gasteiger partial charge in [-0.2, -0.15) is 5.26 Å². The molecule has 0 aromatic heterocycles. The Morgan fingerprint density at radius 3 is 2.60 bits per heavy atom. The van der Waals surface area contributed by atoms with Crippen LogP contribution in [0.15, 0.2) is 29.2 Å². The van der Waals surface area contributed by atoms with Crippen molar-refractivity contribution < 1.29 is 4.92 Å². The van der Waals surface area contributed by atoms with Crippen LogP contribution >= 0.6 is 11.8 Å². The molecule has 0 N–H and O–H groups in total. The Morgan fingerprint density at radius 1 is 1.40 bits per heavy atom. The smallest absolute Gasteiger partial charge is 0.263 e. The van der Waals surface area contributed by atoms with Crippen LogP contribution in [0.25, 0.3) is 0 Å². The van der Waals surface area contributed by atoms with Gasteiger partial charge in [0, 0.05) is 15.4 Å². The summed E-state index contributed by atoms with van der Waals surface area (Å²) >= 11 is 1.06. The molecule has 0 amide bonds. The lowest BCUT2D eigenvalue weighted by atomic mass is 10.2. The fourth-order valence-electron chi connectivity index (χ4n) is 0.865. The highest BCUT2D eigenvalue weighted by molar-refractivity contribution is 8.03. The van der Waals surface area contributed by atoms with E-state index in [2.05, 4.69) is 11.8 Å². The van der Waals surface area contributed by atoms with Crippen molar-refractivity contribution in [1.29, 1.82) is 5.26 Å². The van der Waals surface area contributed by atoms with E-state index in [4.69, 9.17) is 5.26 Å². The number of nitriles is 1. The van der Waals surface area contributed by atoms with Gasteiger partial charge < -0.3 is 0 Å². The van der Waals surface area contributed by atoms with E-state index in [1.165, 1.54) is 0 Å². The third-order valence-corrected chi connectivity index (χ3v) is 2.06. The van der Waals surface area contributed by atoms with E-state index in [1.807, 2.05) is 5.40 Å². The summed E-state index contributed by atoms with van der Waals surface area (Å²) < 4.78 is 0. The average molecular weight is 218 g/mol. The van der Waals surface area contributed by atoms with Gasteiger partial charge in [-0.25, -0.2) is 0 Å². The highest BCUT2D eigenvalue weighted by atomic mass is 32.2. The van der Waals surface area contributed by atoms with Crippen molar-refractivity contribution in [2.75, 3.05) is 6.54 Å². The van der Waals surface area contributed by atoms with E-state index in [0.717, 1.165) is 16.7 Å². The summed E-state index contributed by atoms with van der Waals surface area (Å²) in [7, 11) is 0. The summed E-state index contributed by atoms with van der Waals surface area (Å²) in [5, 5.41) is 20.3. The summed E-state index contributed by atoms with van der Waals surface area (Å²) in [5.74, 6) is 5.09. The molecule has 1 rings (SSSR count). The van der Waals surface area contributed by atoms with Crippen LogP contribution < -0.4 is 0 Å². The number of hydrogen-bond acceptors (Lipinski definition) is 4. The lowest BCUT2D eigenvalue weighted by Crippen LogP contribution is -1.96. The minimum atomic E-state index is -0.479. The molecule has 0 aliphatic rings. The predicted octanol–water partition coefficient (Wildman–Crippen LogP) is 1.89. The first-order valence-electron chi connectivity index (χ1n) is 3.99. The van der Waals surface area contributed by atoms with Crippen molar-refractivity contribution >= 4 is 11.8 Å². The van der Waals surface area contributed by atoms with E-state index >= 15 is 0 Å². The van der Waals surface area contributed by atoms with Crippen LogP contribution in [0.4, 0.5) is 0 Å². The first kappa shape index (κ1) is 11.1. The molecular formula is C10H6N2O2S. The van der Waals surface area contributed by atoms with Crippen LogP contribution in [0.1, 0.15) is 5.56 Å². The van der Waals surface area contributed by atoms with Gasteiger partial charge in [-0.3, -0.25) is 10.1 Å². The van der Waals surface area contributed by atoms with Gasteiger partial charge in [0.25, 0.3) is 6.54 Å². The number of rotatable bonds is 2. The highest BCUT2D eigenvalue weighted by Gasteiger charge is 1.92. The van der Waals surface area contributed by atoms with Crippen LogP contribution in [0.3, 0.4) is 0 Å². The van der Waals surface area contributed by atoms with Crippen molar-refractivity contribution in [3.63, 3.8) is 0 Å². The molecule has 1 aromatic rings. The Labute approximate surface area is 91.1 Å². The molecule has 0 aliphatic heterocycles. The summed E-state index contributed by atoms with van der Waals surface area (Å²) in [6.45, 7) is -0.352. The van der Waals surface area contributed by atoms with Crippen LogP contribution in [0.2, 0.25) is 0 Å². The van der Waals surface area contributed by atoms with Crippen LogP contribution in [0, 0.1) is 32.6 Å². The monoisotopic (exact) mass is 218 g/mol. The van der Waals surface area contributed by atoms with Crippen LogP contribution in [-0.2, 0) is 0 Å². The lowest BCUT2D eigenvalue weighted by Gasteiger charge is -1.92. The minimum Gasteiger partial charge on any atom is -0.264 e. The number of thioether (sulfide) groups is 1. The van der Waals surface area contributed by atoms with Crippen molar-refractivity contribution in [3.05, 3.63) is 39.9 Å². The number of thiocyanates is 1. The average Bonchev–Trinajstić information content (AvgIpc) is 2.20. The molecule has 74 valence electrons. The molecule has 0 bridgehead atoms. The summed E-state index contributed by atoms with van der Waals surface area (Å²) in [5.41, 5.74) is 0.708. The molecule has 0 spiro atoms. The maximum atomic E-state index is 9.99.